The highest BCUT2D eigenvalue weighted by atomic mass is 19.4. The van der Waals surface area contributed by atoms with Crippen LogP contribution in [0.3, 0.4) is 0 Å². The molecule has 1 aliphatic carbocycles. The third-order valence-corrected chi connectivity index (χ3v) is 8.99. The van der Waals surface area contributed by atoms with E-state index in [0.717, 1.165) is 30.2 Å². The van der Waals surface area contributed by atoms with Crippen molar-refractivity contribution in [2.24, 2.45) is 11.8 Å². The van der Waals surface area contributed by atoms with E-state index in [-0.39, 0.29) is 42.5 Å². The Kier molecular flexibility index (Phi) is 10.6. The van der Waals surface area contributed by atoms with Crippen LogP contribution in [0.1, 0.15) is 85.7 Å². The highest BCUT2D eigenvalue weighted by Gasteiger charge is 2.44. The van der Waals surface area contributed by atoms with Crippen LogP contribution in [0.15, 0.2) is 36.4 Å². The Morgan fingerprint density at radius 3 is 1.90 bits per heavy atom. The lowest BCUT2D eigenvalue weighted by Crippen LogP contribution is -2.50. The van der Waals surface area contributed by atoms with Crippen molar-refractivity contribution in [1.82, 2.24) is 4.90 Å². The van der Waals surface area contributed by atoms with Gasteiger partial charge in [-0.05, 0) is 92.0 Å². The van der Waals surface area contributed by atoms with Gasteiger partial charge < -0.3 is 14.7 Å². The van der Waals surface area contributed by atoms with Gasteiger partial charge in [0.25, 0.3) is 0 Å². The fourth-order valence-electron chi connectivity index (χ4n) is 6.63. The predicted octanol–water partition coefficient (Wildman–Crippen LogP) is 8.85. The molecule has 1 aliphatic heterocycles. The maximum absolute atomic E-state index is 14.0. The van der Waals surface area contributed by atoms with Crippen LogP contribution in [0.5, 0.6) is 0 Å². The second-order valence-corrected chi connectivity index (χ2v) is 12.1. The molecule has 0 spiro atoms. The molecule has 4 rings (SSSR count). The summed E-state index contributed by atoms with van der Waals surface area (Å²) in [4.78, 5) is 40.4. The zero-order valence-electron chi connectivity index (χ0n) is 25.8. The van der Waals surface area contributed by atoms with Gasteiger partial charge in [0, 0.05) is 30.6 Å². The molecule has 264 valence electrons. The van der Waals surface area contributed by atoms with Crippen LogP contribution >= 0.6 is 0 Å². The van der Waals surface area contributed by atoms with E-state index < -0.39 is 83.3 Å². The van der Waals surface area contributed by atoms with Crippen molar-refractivity contribution in [1.29, 1.82) is 0 Å². The summed E-state index contributed by atoms with van der Waals surface area (Å²) in [5, 5.41) is 9.13. The van der Waals surface area contributed by atoms with Crippen LogP contribution in [-0.2, 0) is 39.4 Å². The normalized spacial score (nSPS) is 21.8. The molecule has 2 aliphatic rings. The summed E-state index contributed by atoms with van der Waals surface area (Å²) in [6, 6.07) is 1.24. The summed E-state index contributed by atoms with van der Waals surface area (Å²) in [5.41, 5.74) is -5.19. The molecule has 1 heterocycles. The van der Waals surface area contributed by atoms with Gasteiger partial charge in [-0.3, -0.25) is 14.5 Å². The van der Waals surface area contributed by atoms with Crippen LogP contribution in [0.2, 0.25) is 0 Å². The zero-order valence-corrected chi connectivity index (χ0v) is 25.8. The molecule has 16 heteroatoms. The summed E-state index contributed by atoms with van der Waals surface area (Å²) in [6.07, 6.45) is -14.9. The number of benzene rings is 2. The molecule has 0 radical (unpaired) electrons. The maximum Gasteiger partial charge on any atom is 0.416 e. The number of carbonyl (C=O) groups is 3. The molecule has 2 aromatic carbocycles. The molecule has 1 N–H and O–H groups in total. The SMILES string of the molecule is CC[C@@H]1C[C@H](N(Cc2cc(C(F)(F)F)cc(C(F)(F)F)c2)C(=O)OC)c2cc(C(F)(F)F)ccc2N1C(=O)C1CCC(CC(=O)O)CC1. The second-order valence-electron chi connectivity index (χ2n) is 12.1. The van der Waals surface area contributed by atoms with Crippen molar-refractivity contribution in [2.45, 2.75) is 89.0 Å². The number of carboxylic acid groups (broad SMARTS) is 1. The first-order valence-electron chi connectivity index (χ1n) is 15.1. The number of carboxylic acids is 1. The molecular weight excluding hydrogens is 663 g/mol. The smallest absolute Gasteiger partial charge is 0.416 e. The number of hydrogen-bond acceptors (Lipinski definition) is 4. The average Bonchev–Trinajstić information content (AvgIpc) is 3.00. The van der Waals surface area contributed by atoms with Gasteiger partial charge in [-0.2, -0.15) is 39.5 Å². The number of ether oxygens (including phenoxy) is 1. The molecule has 0 bridgehead atoms. The summed E-state index contributed by atoms with van der Waals surface area (Å²) in [6.45, 7) is 0.795. The van der Waals surface area contributed by atoms with Crippen LogP contribution in [0.4, 0.5) is 50.0 Å². The Bertz CT molecular complexity index is 1480. The lowest BCUT2D eigenvalue weighted by atomic mass is 9.79. The number of amides is 2. The Hall–Kier alpha value is -3.98. The van der Waals surface area contributed by atoms with Crippen molar-refractivity contribution in [3.63, 3.8) is 0 Å². The predicted molar refractivity (Wildman–Crippen MR) is 152 cm³/mol. The van der Waals surface area contributed by atoms with E-state index in [1.165, 1.54) is 4.90 Å². The van der Waals surface area contributed by atoms with Gasteiger partial charge in [-0.1, -0.05) is 6.92 Å². The fraction of sp³-hybridized carbons (Fsp3) is 0.531. The van der Waals surface area contributed by atoms with Crippen molar-refractivity contribution in [2.75, 3.05) is 12.0 Å². The van der Waals surface area contributed by atoms with Gasteiger partial charge in [0.15, 0.2) is 0 Å². The van der Waals surface area contributed by atoms with E-state index in [4.69, 9.17) is 9.84 Å². The lowest BCUT2D eigenvalue weighted by molar-refractivity contribution is -0.143. The monoisotopic (exact) mass is 696 g/mol. The quantitative estimate of drug-likeness (QED) is 0.293. The van der Waals surface area contributed by atoms with Gasteiger partial charge in [0.1, 0.15) is 0 Å². The minimum absolute atomic E-state index is 0.0117. The van der Waals surface area contributed by atoms with E-state index in [1.807, 2.05) is 0 Å². The number of hydrogen-bond donors (Lipinski definition) is 1. The number of anilines is 1. The van der Waals surface area contributed by atoms with Crippen molar-refractivity contribution < 1.29 is 63.7 Å². The number of aliphatic carboxylic acids is 1. The summed E-state index contributed by atoms with van der Waals surface area (Å²) < 4.78 is 128. The Balaban J connectivity index is 1.80. The van der Waals surface area contributed by atoms with Crippen molar-refractivity contribution >= 4 is 23.7 Å². The van der Waals surface area contributed by atoms with Crippen molar-refractivity contribution in [3.05, 3.63) is 64.2 Å². The number of methoxy groups -OCH3 is 1. The van der Waals surface area contributed by atoms with Crippen LogP contribution < -0.4 is 4.90 Å². The van der Waals surface area contributed by atoms with E-state index >= 15 is 0 Å². The zero-order chi connectivity index (χ0) is 35.8. The number of halogens is 9. The highest BCUT2D eigenvalue weighted by molar-refractivity contribution is 5.97. The molecule has 1 fully saturated rings. The number of alkyl halides is 9. The Labute approximate surface area is 269 Å². The minimum atomic E-state index is -5.19. The molecular formula is C32H33F9N2O5. The highest BCUT2D eigenvalue weighted by Crippen LogP contribution is 2.47. The summed E-state index contributed by atoms with van der Waals surface area (Å²) in [5.74, 6) is -2.09. The first-order chi connectivity index (χ1) is 22.2. The third-order valence-electron chi connectivity index (χ3n) is 8.99. The van der Waals surface area contributed by atoms with Gasteiger partial charge in [0.2, 0.25) is 5.91 Å². The first-order valence-corrected chi connectivity index (χ1v) is 15.1. The van der Waals surface area contributed by atoms with Gasteiger partial charge in [-0.15, -0.1) is 0 Å². The fourth-order valence-corrected chi connectivity index (χ4v) is 6.63. The summed E-state index contributed by atoms with van der Waals surface area (Å²) in [7, 11) is 0.909. The molecule has 2 atom stereocenters. The molecule has 2 aromatic rings. The van der Waals surface area contributed by atoms with E-state index in [2.05, 4.69) is 0 Å². The topological polar surface area (TPSA) is 87.2 Å². The average molecular weight is 697 g/mol. The van der Waals surface area contributed by atoms with Gasteiger partial charge in [-0.25, -0.2) is 4.79 Å². The third kappa shape index (κ3) is 8.17. The first kappa shape index (κ1) is 36.8. The number of nitrogens with zero attached hydrogens (tertiary/aromatic N) is 2. The molecule has 0 aromatic heterocycles. The molecule has 2 amide bonds. The Morgan fingerprint density at radius 1 is 0.854 bits per heavy atom. The number of rotatable bonds is 7. The van der Waals surface area contributed by atoms with E-state index in [9.17, 15) is 53.9 Å². The number of fused-ring (bicyclic) bond motifs is 1. The lowest BCUT2D eigenvalue weighted by Gasteiger charge is -2.45. The molecule has 1 saturated carbocycles. The number of carbonyl (C=O) groups excluding carboxylic acids is 2. The maximum atomic E-state index is 14.0. The van der Waals surface area contributed by atoms with Gasteiger partial charge in [0.05, 0.1) is 29.8 Å². The molecule has 0 saturated heterocycles. The van der Waals surface area contributed by atoms with Crippen LogP contribution in [0.25, 0.3) is 0 Å². The van der Waals surface area contributed by atoms with E-state index in [0.29, 0.717) is 37.8 Å². The van der Waals surface area contributed by atoms with Crippen LogP contribution in [-0.4, -0.2) is 41.1 Å². The summed E-state index contributed by atoms with van der Waals surface area (Å²) >= 11 is 0. The minimum Gasteiger partial charge on any atom is -0.481 e. The Morgan fingerprint density at radius 2 is 1.42 bits per heavy atom. The molecule has 48 heavy (non-hydrogen) atoms. The van der Waals surface area contributed by atoms with E-state index in [1.54, 1.807) is 6.92 Å². The second kappa shape index (κ2) is 13.9. The van der Waals surface area contributed by atoms with Gasteiger partial charge >= 0.3 is 30.6 Å². The van der Waals surface area contributed by atoms with Crippen LogP contribution in [0, 0.1) is 11.8 Å². The molecule has 7 nitrogen and oxygen atoms in total. The standard InChI is InChI=1S/C32H33F9N2O5/c1-3-23-15-26(42(29(47)48-2)16-18-10-21(31(36,37)38)13-22(11-18)32(39,40)41)24-14-20(30(33,34)35)8-9-25(24)43(23)28(46)19-6-4-17(5-7-19)12-27(44)45/h8-11,13-14,17,19,23,26H,3-7,12,15-16H2,1-2H3,(H,44,45)/t17?,19?,23-,26+/m1/s1. The van der Waals surface area contributed by atoms with Crippen molar-refractivity contribution in [3.8, 4) is 0 Å². The molecule has 0 unspecified atom stereocenters. The largest absolute Gasteiger partial charge is 0.481 e.